The smallest absolute Gasteiger partial charge is 0.228 e. The van der Waals surface area contributed by atoms with Crippen LogP contribution in [0, 0.1) is 16.7 Å². The third kappa shape index (κ3) is 3.50. The molecule has 0 radical (unpaired) electrons. The Kier molecular flexibility index (Phi) is 5.43. The average molecular weight is 329 g/mol. The summed E-state index contributed by atoms with van der Waals surface area (Å²) in [6, 6.07) is 2.32. The van der Waals surface area contributed by atoms with Gasteiger partial charge in [-0.05, 0) is 18.4 Å². The molecular weight excluding hydrogens is 302 g/mol. The third-order valence-electron chi connectivity index (χ3n) is 4.45. The molecule has 0 N–H and O–H groups in total. The second-order valence-electron chi connectivity index (χ2n) is 7.17. The third-order valence-corrected chi connectivity index (χ3v) is 4.45. The number of nitriles is 1. The molecule has 6 heteroatoms. The van der Waals surface area contributed by atoms with Gasteiger partial charge in [0.25, 0.3) is 0 Å². The van der Waals surface area contributed by atoms with E-state index in [1.807, 2.05) is 39.5 Å². The van der Waals surface area contributed by atoms with Crippen molar-refractivity contribution in [1.29, 1.82) is 5.26 Å². The molecule has 1 fully saturated rings. The molecule has 2 rings (SSSR count). The number of nitrogens with zero attached hydrogens (tertiary/aromatic N) is 5. The van der Waals surface area contributed by atoms with Gasteiger partial charge in [0.05, 0.1) is 5.69 Å². The summed E-state index contributed by atoms with van der Waals surface area (Å²) in [7, 11) is 0. The lowest BCUT2D eigenvalue weighted by atomic mass is 9.94. The maximum absolute atomic E-state index is 12.4. The lowest BCUT2D eigenvalue weighted by Crippen LogP contribution is -2.52. The van der Waals surface area contributed by atoms with Crippen LogP contribution in [0.1, 0.15) is 51.4 Å². The van der Waals surface area contributed by atoms with Gasteiger partial charge in [-0.2, -0.15) is 10.4 Å². The number of carbonyl (C=O) groups excluding carboxylic acids is 1. The Balaban J connectivity index is 2.21. The molecule has 1 amide bonds. The predicted molar refractivity (Wildman–Crippen MR) is 93.8 cm³/mol. The molecule has 0 aliphatic carbocycles. The maximum atomic E-state index is 12.4. The summed E-state index contributed by atoms with van der Waals surface area (Å²) in [5.74, 6) is 0.832. The topological polar surface area (TPSA) is 73.1 Å². The van der Waals surface area contributed by atoms with E-state index in [0.717, 1.165) is 24.1 Å². The first-order chi connectivity index (χ1) is 11.3. The summed E-state index contributed by atoms with van der Waals surface area (Å²) in [4.78, 5) is 16.4. The molecule has 0 unspecified atom stereocenters. The summed E-state index contributed by atoms with van der Waals surface area (Å²) in [6.07, 6.45) is 1.55. The van der Waals surface area contributed by atoms with Crippen LogP contribution in [0.5, 0.6) is 0 Å². The largest absolute Gasteiger partial charge is 0.350 e. The molecule has 0 aromatic carbocycles. The molecule has 1 aromatic heterocycles. The van der Waals surface area contributed by atoms with Crippen LogP contribution in [0.3, 0.4) is 0 Å². The van der Waals surface area contributed by atoms with Crippen molar-refractivity contribution in [3.05, 3.63) is 16.8 Å². The highest BCUT2D eigenvalue weighted by molar-refractivity contribution is 5.81. The lowest BCUT2D eigenvalue weighted by molar-refractivity contribution is -0.139. The van der Waals surface area contributed by atoms with Crippen LogP contribution in [-0.4, -0.2) is 47.2 Å². The Hall–Kier alpha value is -2.16. The van der Waals surface area contributed by atoms with Crippen molar-refractivity contribution in [2.24, 2.45) is 5.41 Å². The van der Waals surface area contributed by atoms with Gasteiger partial charge in [-0.3, -0.25) is 4.79 Å². The highest BCUT2D eigenvalue weighted by Crippen LogP contribution is 2.25. The van der Waals surface area contributed by atoms with E-state index in [0.29, 0.717) is 37.6 Å². The Morgan fingerprint density at radius 2 is 1.75 bits per heavy atom. The van der Waals surface area contributed by atoms with Crippen LogP contribution in [0.15, 0.2) is 0 Å². The summed E-state index contributed by atoms with van der Waals surface area (Å²) in [5.41, 5.74) is 2.18. The molecule has 0 saturated carbocycles. The van der Waals surface area contributed by atoms with Gasteiger partial charge < -0.3 is 9.80 Å². The van der Waals surface area contributed by atoms with Crippen LogP contribution in [0.25, 0.3) is 0 Å². The normalized spacial score (nSPS) is 15.3. The van der Waals surface area contributed by atoms with Crippen molar-refractivity contribution in [2.45, 2.75) is 47.5 Å². The molecule has 0 spiro atoms. The number of carbonyl (C=O) groups is 1. The number of amides is 1. The van der Waals surface area contributed by atoms with Gasteiger partial charge in [0.1, 0.15) is 11.6 Å². The Morgan fingerprint density at radius 1 is 1.12 bits per heavy atom. The first-order valence-corrected chi connectivity index (χ1v) is 8.66. The van der Waals surface area contributed by atoms with Crippen molar-refractivity contribution in [1.82, 2.24) is 15.1 Å². The number of hydrogen-bond acceptors (Lipinski definition) is 5. The SMILES string of the molecule is CCc1nnc(N2CCN(C(=O)C(C)(C)C)CC2)c(C#N)c1CC. The molecule has 24 heavy (non-hydrogen) atoms. The van der Waals surface area contributed by atoms with E-state index in [1.54, 1.807) is 0 Å². The zero-order chi connectivity index (χ0) is 17.9. The lowest BCUT2D eigenvalue weighted by Gasteiger charge is -2.38. The van der Waals surface area contributed by atoms with Crippen molar-refractivity contribution in [2.75, 3.05) is 31.1 Å². The van der Waals surface area contributed by atoms with Crippen molar-refractivity contribution in [3.8, 4) is 6.07 Å². The Morgan fingerprint density at radius 3 is 2.21 bits per heavy atom. The number of rotatable bonds is 3. The number of anilines is 1. The summed E-state index contributed by atoms with van der Waals surface area (Å²) in [6.45, 7) is 12.6. The van der Waals surface area contributed by atoms with Gasteiger partial charge in [0.15, 0.2) is 5.82 Å². The highest BCUT2D eigenvalue weighted by atomic mass is 16.2. The second kappa shape index (κ2) is 7.16. The van der Waals surface area contributed by atoms with E-state index in [4.69, 9.17) is 0 Å². The minimum atomic E-state index is -0.363. The van der Waals surface area contributed by atoms with Gasteiger partial charge in [-0.15, -0.1) is 5.10 Å². The summed E-state index contributed by atoms with van der Waals surface area (Å²) in [5, 5.41) is 18.3. The second-order valence-corrected chi connectivity index (χ2v) is 7.17. The Bertz CT molecular complexity index is 649. The number of hydrogen-bond donors (Lipinski definition) is 0. The molecule has 0 bridgehead atoms. The van der Waals surface area contributed by atoms with Crippen LogP contribution in [0.2, 0.25) is 0 Å². The van der Waals surface area contributed by atoms with E-state index >= 15 is 0 Å². The molecule has 0 atom stereocenters. The molecule has 2 heterocycles. The molecule has 130 valence electrons. The molecule has 1 aliphatic rings. The summed E-state index contributed by atoms with van der Waals surface area (Å²) >= 11 is 0. The van der Waals surface area contributed by atoms with Crippen molar-refractivity contribution >= 4 is 11.7 Å². The van der Waals surface area contributed by atoms with Crippen LogP contribution < -0.4 is 4.90 Å². The minimum absolute atomic E-state index is 0.171. The van der Waals surface area contributed by atoms with Gasteiger partial charge in [0, 0.05) is 31.6 Å². The number of piperazine rings is 1. The van der Waals surface area contributed by atoms with Gasteiger partial charge in [-0.1, -0.05) is 34.6 Å². The quantitative estimate of drug-likeness (QED) is 0.850. The van der Waals surface area contributed by atoms with Gasteiger partial charge in [-0.25, -0.2) is 0 Å². The van der Waals surface area contributed by atoms with Crippen LogP contribution in [-0.2, 0) is 17.6 Å². The van der Waals surface area contributed by atoms with E-state index in [-0.39, 0.29) is 11.3 Å². The van der Waals surface area contributed by atoms with E-state index in [9.17, 15) is 10.1 Å². The van der Waals surface area contributed by atoms with Crippen LogP contribution >= 0.6 is 0 Å². The monoisotopic (exact) mass is 329 g/mol. The minimum Gasteiger partial charge on any atom is -0.350 e. The number of aryl methyl sites for hydroxylation is 1. The highest BCUT2D eigenvalue weighted by Gasteiger charge is 2.31. The molecule has 6 nitrogen and oxygen atoms in total. The Labute approximate surface area is 144 Å². The number of aromatic nitrogens is 2. The van der Waals surface area contributed by atoms with E-state index in [1.165, 1.54) is 0 Å². The fourth-order valence-corrected chi connectivity index (χ4v) is 3.10. The average Bonchev–Trinajstić information content (AvgIpc) is 2.58. The molecule has 1 aliphatic heterocycles. The molecular formula is C18H27N5O. The van der Waals surface area contributed by atoms with E-state index in [2.05, 4.69) is 21.2 Å². The fourth-order valence-electron chi connectivity index (χ4n) is 3.10. The predicted octanol–water partition coefficient (Wildman–Crippen LogP) is 2.17. The standard InChI is InChI=1S/C18H27N5O/c1-6-13-14(12-19)16(21-20-15(13)7-2)22-8-10-23(11-9-22)17(24)18(3,4)5/h6-11H2,1-5H3. The van der Waals surface area contributed by atoms with Gasteiger partial charge >= 0.3 is 0 Å². The van der Waals surface area contributed by atoms with Crippen LogP contribution in [0.4, 0.5) is 5.82 Å². The maximum Gasteiger partial charge on any atom is 0.228 e. The summed E-state index contributed by atoms with van der Waals surface area (Å²) < 4.78 is 0. The fraction of sp³-hybridized carbons (Fsp3) is 0.667. The molecule has 1 saturated heterocycles. The van der Waals surface area contributed by atoms with E-state index < -0.39 is 0 Å². The van der Waals surface area contributed by atoms with Crippen molar-refractivity contribution in [3.63, 3.8) is 0 Å². The first-order valence-electron chi connectivity index (χ1n) is 8.66. The zero-order valence-electron chi connectivity index (χ0n) is 15.4. The first kappa shape index (κ1) is 18.2. The van der Waals surface area contributed by atoms with Gasteiger partial charge in [0.2, 0.25) is 5.91 Å². The van der Waals surface area contributed by atoms with Crippen molar-refractivity contribution < 1.29 is 4.79 Å². The molecule has 1 aromatic rings. The zero-order valence-corrected chi connectivity index (χ0v) is 15.4.